The number of hydrogen-bond acceptors (Lipinski definition) is 2. The van der Waals surface area contributed by atoms with Crippen LogP contribution < -0.4 is 0 Å². The Kier molecular flexibility index (Phi) is 3.80. The highest BCUT2D eigenvalue weighted by Gasteiger charge is 2.34. The Labute approximate surface area is 108 Å². The fourth-order valence-corrected chi connectivity index (χ4v) is 2.50. The number of hydrogen-bond donors (Lipinski definition) is 0. The summed E-state index contributed by atoms with van der Waals surface area (Å²) in [5, 5.41) is 0. The molecule has 18 heavy (non-hydrogen) atoms. The number of fused-ring (bicyclic) bond motifs is 1. The molecule has 0 saturated heterocycles. The molecule has 0 amide bonds. The smallest absolute Gasteiger partial charge is 0.113 e. The summed E-state index contributed by atoms with van der Waals surface area (Å²) in [5.74, 6) is 0. The lowest BCUT2D eigenvalue weighted by Crippen LogP contribution is -2.30. The summed E-state index contributed by atoms with van der Waals surface area (Å²) in [5.41, 5.74) is 4.24. The summed E-state index contributed by atoms with van der Waals surface area (Å²) in [4.78, 5) is 0. The lowest BCUT2D eigenvalue weighted by atomic mass is 9.80. The Hall–Kier alpha value is -1.64. The van der Waals surface area contributed by atoms with Crippen molar-refractivity contribution in [3.8, 4) is 0 Å². The molecular weight excluding hydrogens is 224 g/mol. The van der Waals surface area contributed by atoms with Crippen LogP contribution in [0.5, 0.6) is 0 Å². The average Bonchev–Trinajstić information content (AvgIpc) is 2.41. The molecule has 2 nitrogen and oxygen atoms in total. The van der Waals surface area contributed by atoms with E-state index in [2.05, 4.69) is 25.3 Å². The summed E-state index contributed by atoms with van der Waals surface area (Å²) in [7, 11) is 3.39. The van der Waals surface area contributed by atoms with E-state index in [0.29, 0.717) is 0 Å². The normalized spacial score (nSPS) is 25.0. The third-order valence-corrected chi connectivity index (χ3v) is 3.33. The van der Waals surface area contributed by atoms with Crippen LogP contribution in [0.2, 0.25) is 0 Å². The predicted octanol–water partition coefficient (Wildman–Crippen LogP) is 3.53. The molecule has 0 aromatic heterocycles. The van der Waals surface area contributed by atoms with Gasteiger partial charge in [0.25, 0.3) is 0 Å². The van der Waals surface area contributed by atoms with Crippen molar-refractivity contribution in [2.24, 2.45) is 0 Å². The minimum absolute atomic E-state index is 0.108. The van der Waals surface area contributed by atoms with Gasteiger partial charge in [-0.25, -0.2) is 0 Å². The predicted molar refractivity (Wildman–Crippen MR) is 74.3 cm³/mol. The number of ether oxygens (including phenoxy) is 2. The maximum absolute atomic E-state index is 5.60. The molecule has 1 aromatic rings. The Balaban J connectivity index is 2.61. The van der Waals surface area contributed by atoms with E-state index < -0.39 is 0 Å². The van der Waals surface area contributed by atoms with Crippen LogP contribution in [-0.4, -0.2) is 20.3 Å². The lowest BCUT2D eigenvalue weighted by Gasteiger charge is -2.35. The van der Waals surface area contributed by atoms with Gasteiger partial charge in [0, 0.05) is 14.2 Å². The molecule has 0 radical (unpaired) electrons. The van der Waals surface area contributed by atoms with Crippen LogP contribution in [0.15, 0.2) is 55.1 Å². The third kappa shape index (κ3) is 1.94. The molecule has 2 heteroatoms. The minimum atomic E-state index is -0.143. The van der Waals surface area contributed by atoms with Crippen LogP contribution in [0.4, 0.5) is 0 Å². The van der Waals surface area contributed by atoms with E-state index in [9.17, 15) is 0 Å². The van der Waals surface area contributed by atoms with E-state index in [4.69, 9.17) is 9.47 Å². The van der Waals surface area contributed by atoms with Crippen molar-refractivity contribution in [2.75, 3.05) is 14.2 Å². The first-order valence-corrected chi connectivity index (χ1v) is 5.91. The second kappa shape index (κ2) is 5.34. The molecule has 2 atom stereocenters. The molecule has 0 heterocycles. The fraction of sp³-hybridized carbons (Fsp3) is 0.250. The van der Waals surface area contributed by atoms with E-state index in [1.807, 2.05) is 18.2 Å². The molecule has 94 valence electrons. The maximum atomic E-state index is 5.60. The van der Waals surface area contributed by atoms with Gasteiger partial charge in [0.05, 0.1) is 0 Å². The zero-order chi connectivity index (χ0) is 13.1. The SMILES string of the molecule is C=C/C=C1\C(=C)c2ccccc2C(OC)C1OC. The Morgan fingerprint density at radius 2 is 1.78 bits per heavy atom. The van der Waals surface area contributed by atoms with Crippen molar-refractivity contribution in [1.82, 2.24) is 0 Å². The van der Waals surface area contributed by atoms with Crippen LogP contribution in [0, 0.1) is 0 Å². The van der Waals surface area contributed by atoms with Crippen LogP contribution in [0.25, 0.3) is 5.57 Å². The van der Waals surface area contributed by atoms with Crippen molar-refractivity contribution in [3.63, 3.8) is 0 Å². The van der Waals surface area contributed by atoms with Crippen molar-refractivity contribution in [1.29, 1.82) is 0 Å². The van der Waals surface area contributed by atoms with Gasteiger partial charge in [-0.3, -0.25) is 0 Å². The van der Waals surface area contributed by atoms with Gasteiger partial charge in [-0.2, -0.15) is 0 Å². The van der Waals surface area contributed by atoms with E-state index in [0.717, 1.165) is 22.3 Å². The lowest BCUT2D eigenvalue weighted by molar-refractivity contribution is -0.0185. The molecule has 0 fully saturated rings. The number of rotatable bonds is 3. The molecule has 0 saturated carbocycles. The van der Waals surface area contributed by atoms with Crippen molar-refractivity contribution in [2.45, 2.75) is 12.2 Å². The Bertz CT molecular complexity index is 500. The number of methoxy groups -OCH3 is 2. The van der Waals surface area contributed by atoms with Gasteiger partial charge in [0.1, 0.15) is 12.2 Å². The summed E-state index contributed by atoms with van der Waals surface area (Å²) in [6, 6.07) is 8.14. The molecule has 1 aliphatic rings. The average molecular weight is 242 g/mol. The van der Waals surface area contributed by atoms with Gasteiger partial charge < -0.3 is 9.47 Å². The summed E-state index contributed by atoms with van der Waals surface area (Å²) < 4.78 is 11.2. The van der Waals surface area contributed by atoms with Gasteiger partial charge in [-0.05, 0) is 22.3 Å². The van der Waals surface area contributed by atoms with Crippen LogP contribution >= 0.6 is 0 Å². The highest BCUT2D eigenvalue weighted by atomic mass is 16.5. The van der Waals surface area contributed by atoms with E-state index in [1.165, 1.54) is 0 Å². The van der Waals surface area contributed by atoms with Crippen molar-refractivity contribution < 1.29 is 9.47 Å². The highest BCUT2D eigenvalue weighted by Crippen LogP contribution is 2.42. The molecule has 2 rings (SSSR count). The van der Waals surface area contributed by atoms with E-state index in [-0.39, 0.29) is 12.2 Å². The van der Waals surface area contributed by atoms with Crippen molar-refractivity contribution in [3.05, 3.63) is 66.3 Å². The van der Waals surface area contributed by atoms with E-state index >= 15 is 0 Å². The highest BCUT2D eigenvalue weighted by molar-refractivity contribution is 5.83. The summed E-state index contributed by atoms with van der Waals surface area (Å²) in [6.07, 6.45) is 3.45. The van der Waals surface area contributed by atoms with Crippen LogP contribution in [0.1, 0.15) is 17.2 Å². The maximum Gasteiger partial charge on any atom is 0.113 e. The van der Waals surface area contributed by atoms with Gasteiger partial charge in [-0.1, -0.05) is 49.6 Å². The van der Waals surface area contributed by atoms with Gasteiger partial charge in [0.15, 0.2) is 0 Å². The largest absolute Gasteiger partial charge is 0.374 e. The monoisotopic (exact) mass is 242 g/mol. The van der Waals surface area contributed by atoms with Gasteiger partial charge in [0.2, 0.25) is 0 Å². The van der Waals surface area contributed by atoms with Crippen molar-refractivity contribution >= 4 is 5.57 Å². The Morgan fingerprint density at radius 1 is 1.11 bits per heavy atom. The summed E-state index contributed by atoms with van der Waals surface area (Å²) >= 11 is 0. The van der Waals surface area contributed by atoms with Gasteiger partial charge >= 0.3 is 0 Å². The molecule has 0 spiro atoms. The molecular formula is C16H18O2. The first-order valence-electron chi connectivity index (χ1n) is 5.91. The first kappa shape index (κ1) is 12.8. The van der Waals surface area contributed by atoms with Gasteiger partial charge in [-0.15, -0.1) is 0 Å². The molecule has 2 unspecified atom stereocenters. The standard InChI is InChI=1S/C16H18O2/c1-5-8-13-11(2)12-9-6-7-10-14(12)16(18-4)15(13)17-3/h5-10,15-16H,1-2H2,3-4H3/b13-8+. The molecule has 1 aromatic carbocycles. The Morgan fingerprint density at radius 3 is 2.39 bits per heavy atom. The second-order valence-corrected chi connectivity index (χ2v) is 4.24. The molecule has 1 aliphatic carbocycles. The minimum Gasteiger partial charge on any atom is -0.374 e. The zero-order valence-corrected chi connectivity index (χ0v) is 10.8. The van der Waals surface area contributed by atoms with Crippen LogP contribution in [0.3, 0.4) is 0 Å². The zero-order valence-electron chi connectivity index (χ0n) is 10.8. The quantitative estimate of drug-likeness (QED) is 0.807. The second-order valence-electron chi connectivity index (χ2n) is 4.24. The van der Waals surface area contributed by atoms with Crippen LogP contribution in [-0.2, 0) is 9.47 Å². The first-order chi connectivity index (χ1) is 8.74. The number of allylic oxidation sites excluding steroid dienone is 2. The number of benzene rings is 1. The topological polar surface area (TPSA) is 18.5 Å². The fourth-order valence-electron chi connectivity index (χ4n) is 2.50. The van der Waals surface area contributed by atoms with E-state index in [1.54, 1.807) is 20.3 Å². The molecule has 0 N–H and O–H groups in total. The third-order valence-electron chi connectivity index (χ3n) is 3.33. The summed E-state index contributed by atoms with van der Waals surface area (Å²) in [6.45, 7) is 7.92. The molecule has 0 bridgehead atoms. The molecule has 0 aliphatic heterocycles.